The lowest BCUT2D eigenvalue weighted by Crippen LogP contribution is -2.33. The van der Waals surface area contributed by atoms with Crippen LogP contribution in [0.25, 0.3) is 0 Å². The number of hydrogen-bond acceptors (Lipinski definition) is 3. The van der Waals surface area contributed by atoms with E-state index >= 15 is 0 Å². The minimum Gasteiger partial charge on any atom is -0.450 e. The Bertz CT molecular complexity index is 262. The maximum Gasteiger partial charge on any atom is 0.333 e. The molecule has 0 aromatic heterocycles. The van der Waals surface area contributed by atoms with Crippen LogP contribution in [0.2, 0.25) is 0 Å². The zero-order valence-electron chi connectivity index (χ0n) is 8.17. The molecule has 2 aliphatic heterocycles. The number of nitrogens with zero attached hydrogens (tertiary/aromatic N) is 1. The lowest BCUT2D eigenvalue weighted by Gasteiger charge is -2.29. The van der Waals surface area contributed by atoms with Gasteiger partial charge in [0, 0.05) is 19.2 Å². The van der Waals surface area contributed by atoms with Gasteiger partial charge in [-0.15, -0.1) is 0 Å². The number of hydrogen-bond donors (Lipinski definition) is 0. The van der Waals surface area contributed by atoms with E-state index in [1.807, 2.05) is 13.8 Å². The van der Waals surface area contributed by atoms with E-state index in [1.54, 1.807) is 6.08 Å². The molecule has 0 spiro atoms. The predicted molar refractivity (Wildman–Crippen MR) is 49.1 cm³/mol. The zero-order chi connectivity index (χ0) is 9.47. The molecule has 1 fully saturated rings. The fourth-order valence-electron chi connectivity index (χ4n) is 2.05. The van der Waals surface area contributed by atoms with Crippen LogP contribution in [0.4, 0.5) is 0 Å². The van der Waals surface area contributed by atoms with Gasteiger partial charge in [-0.1, -0.05) is 0 Å². The second-order valence-electron chi connectivity index (χ2n) is 4.16. The molecule has 0 N–H and O–H groups in total. The third-order valence-electron chi connectivity index (χ3n) is 2.67. The second kappa shape index (κ2) is 2.76. The number of likely N-dealkylation sites (tertiary alicyclic amines) is 1. The van der Waals surface area contributed by atoms with Crippen LogP contribution < -0.4 is 0 Å². The van der Waals surface area contributed by atoms with Gasteiger partial charge in [-0.25, -0.2) is 4.79 Å². The highest BCUT2D eigenvalue weighted by atomic mass is 16.6. The Morgan fingerprint density at radius 3 is 2.46 bits per heavy atom. The maximum atomic E-state index is 11.1. The molecule has 2 rings (SSSR count). The number of rotatable bonds is 1. The van der Waals surface area contributed by atoms with E-state index in [0.717, 1.165) is 18.8 Å². The van der Waals surface area contributed by atoms with E-state index in [0.29, 0.717) is 0 Å². The summed E-state index contributed by atoms with van der Waals surface area (Å²) in [4.78, 5) is 13.4. The van der Waals surface area contributed by atoms with Crippen molar-refractivity contribution in [1.29, 1.82) is 0 Å². The van der Waals surface area contributed by atoms with Crippen molar-refractivity contribution < 1.29 is 9.53 Å². The van der Waals surface area contributed by atoms with Gasteiger partial charge in [-0.3, -0.25) is 0 Å². The summed E-state index contributed by atoms with van der Waals surface area (Å²) in [5.41, 5.74) is 0.636. The largest absolute Gasteiger partial charge is 0.450 e. The van der Waals surface area contributed by atoms with E-state index in [-0.39, 0.29) is 5.97 Å². The SMILES string of the molecule is CC1(C)OC(=O)C=C1N1CCCC1. The van der Waals surface area contributed by atoms with Crippen molar-refractivity contribution in [2.24, 2.45) is 0 Å². The van der Waals surface area contributed by atoms with Crippen LogP contribution in [0.1, 0.15) is 26.7 Å². The topological polar surface area (TPSA) is 29.5 Å². The third kappa shape index (κ3) is 1.43. The van der Waals surface area contributed by atoms with Crippen molar-refractivity contribution >= 4 is 5.97 Å². The summed E-state index contributed by atoms with van der Waals surface area (Å²) < 4.78 is 5.20. The van der Waals surface area contributed by atoms with Gasteiger partial charge in [0.2, 0.25) is 0 Å². The van der Waals surface area contributed by atoms with Gasteiger partial charge in [-0.05, 0) is 26.7 Å². The molecule has 3 heteroatoms. The molecular weight excluding hydrogens is 166 g/mol. The first kappa shape index (κ1) is 8.60. The summed E-state index contributed by atoms with van der Waals surface area (Å²) in [5.74, 6) is -0.202. The highest BCUT2D eigenvalue weighted by Crippen LogP contribution is 2.31. The summed E-state index contributed by atoms with van der Waals surface area (Å²) in [6.45, 7) is 6.02. The molecule has 0 aromatic carbocycles. The molecule has 72 valence electrons. The van der Waals surface area contributed by atoms with Crippen molar-refractivity contribution in [1.82, 2.24) is 4.90 Å². The average Bonchev–Trinajstić information content (AvgIpc) is 2.56. The van der Waals surface area contributed by atoms with Gasteiger partial charge >= 0.3 is 5.97 Å². The molecule has 0 aromatic rings. The standard InChI is InChI=1S/C10H15NO2/c1-10(2)8(7-9(12)13-10)11-5-3-4-6-11/h7H,3-6H2,1-2H3. The minimum absolute atomic E-state index is 0.202. The minimum atomic E-state index is -0.415. The Morgan fingerprint density at radius 2 is 2.00 bits per heavy atom. The first-order chi connectivity index (χ1) is 6.09. The summed E-state index contributed by atoms with van der Waals surface area (Å²) in [6.07, 6.45) is 4.08. The van der Waals surface area contributed by atoms with E-state index in [1.165, 1.54) is 12.8 Å². The Morgan fingerprint density at radius 1 is 1.38 bits per heavy atom. The molecule has 2 heterocycles. The van der Waals surface area contributed by atoms with Crippen LogP contribution in [0.15, 0.2) is 11.8 Å². The third-order valence-corrected chi connectivity index (χ3v) is 2.67. The Balaban J connectivity index is 2.21. The van der Waals surface area contributed by atoms with Crippen LogP contribution >= 0.6 is 0 Å². The van der Waals surface area contributed by atoms with Gasteiger partial charge in [0.1, 0.15) is 5.60 Å². The predicted octanol–water partition coefficient (Wildman–Crippen LogP) is 1.30. The van der Waals surface area contributed by atoms with Crippen LogP contribution in [0.5, 0.6) is 0 Å². The maximum absolute atomic E-state index is 11.1. The van der Waals surface area contributed by atoms with Crippen molar-refractivity contribution in [3.05, 3.63) is 11.8 Å². The first-order valence-corrected chi connectivity index (χ1v) is 4.80. The molecule has 0 saturated carbocycles. The number of cyclic esters (lactones) is 1. The smallest absolute Gasteiger partial charge is 0.333 e. The molecular formula is C10H15NO2. The summed E-state index contributed by atoms with van der Waals surface area (Å²) in [5, 5.41) is 0. The van der Waals surface area contributed by atoms with Gasteiger partial charge in [-0.2, -0.15) is 0 Å². The van der Waals surface area contributed by atoms with Gasteiger partial charge < -0.3 is 9.64 Å². The number of ether oxygens (including phenoxy) is 1. The fraction of sp³-hybridized carbons (Fsp3) is 0.700. The Kier molecular flexibility index (Phi) is 1.82. The summed E-state index contributed by atoms with van der Waals surface area (Å²) in [7, 11) is 0. The number of carbonyl (C=O) groups excluding carboxylic acids is 1. The normalized spacial score (nSPS) is 26.2. The molecule has 0 atom stereocenters. The second-order valence-corrected chi connectivity index (χ2v) is 4.16. The van der Waals surface area contributed by atoms with Crippen molar-refractivity contribution in [2.45, 2.75) is 32.3 Å². The fourth-order valence-corrected chi connectivity index (χ4v) is 2.05. The monoisotopic (exact) mass is 181 g/mol. The lowest BCUT2D eigenvalue weighted by atomic mass is 10.1. The molecule has 0 radical (unpaired) electrons. The number of esters is 1. The highest BCUT2D eigenvalue weighted by molar-refractivity contribution is 5.86. The lowest BCUT2D eigenvalue weighted by molar-refractivity contribution is -0.144. The van der Waals surface area contributed by atoms with Crippen molar-refractivity contribution in [2.75, 3.05) is 13.1 Å². The van der Waals surface area contributed by atoms with Crippen LogP contribution in [-0.4, -0.2) is 29.6 Å². The number of carbonyl (C=O) groups is 1. The van der Waals surface area contributed by atoms with Crippen LogP contribution in [0.3, 0.4) is 0 Å². The van der Waals surface area contributed by atoms with E-state index in [4.69, 9.17) is 4.74 Å². The Labute approximate surface area is 78.4 Å². The first-order valence-electron chi connectivity index (χ1n) is 4.80. The summed E-state index contributed by atoms with van der Waals surface area (Å²) >= 11 is 0. The molecule has 2 aliphatic rings. The van der Waals surface area contributed by atoms with Crippen LogP contribution in [-0.2, 0) is 9.53 Å². The van der Waals surface area contributed by atoms with E-state index in [9.17, 15) is 4.79 Å². The van der Waals surface area contributed by atoms with Crippen LogP contribution in [0, 0.1) is 0 Å². The zero-order valence-corrected chi connectivity index (χ0v) is 8.17. The molecule has 1 saturated heterocycles. The summed E-state index contributed by atoms with van der Waals surface area (Å²) in [6, 6.07) is 0. The van der Waals surface area contributed by atoms with Gasteiger partial charge in [0.05, 0.1) is 5.70 Å². The average molecular weight is 181 g/mol. The quantitative estimate of drug-likeness (QED) is 0.571. The van der Waals surface area contributed by atoms with E-state index < -0.39 is 5.60 Å². The van der Waals surface area contributed by atoms with Crippen molar-refractivity contribution in [3.8, 4) is 0 Å². The Hall–Kier alpha value is -0.990. The van der Waals surface area contributed by atoms with Gasteiger partial charge in [0.15, 0.2) is 0 Å². The molecule has 0 unspecified atom stereocenters. The molecule has 0 bridgehead atoms. The molecule has 0 amide bonds. The molecule has 13 heavy (non-hydrogen) atoms. The van der Waals surface area contributed by atoms with E-state index in [2.05, 4.69) is 4.90 Å². The van der Waals surface area contributed by atoms with Gasteiger partial charge in [0.25, 0.3) is 0 Å². The molecule has 3 nitrogen and oxygen atoms in total. The highest BCUT2D eigenvalue weighted by Gasteiger charge is 2.37. The van der Waals surface area contributed by atoms with Crippen molar-refractivity contribution in [3.63, 3.8) is 0 Å². The molecule has 0 aliphatic carbocycles.